The number of amides is 2. The van der Waals surface area contributed by atoms with Gasteiger partial charge in [-0.25, -0.2) is 0 Å². The Balaban J connectivity index is 4.36. The Hall–Kier alpha value is -1.59. The molecule has 0 bridgehead atoms. The molecule has 0 radical (unpaired) electrons. The van der Waals surface area contributed by atoms with Crippen LogP contribution in [0.3, 0.4) is 0 Å². The highest BCUT2D eigenvalue weighted by Crippen LogP contribution is 2.12. The maximum atomic E-state index is 12.8. The van der Waals surface area contributed by atoms with E-state index in [2.05, 4.69) is 12.2 Å². The molecule has 6 nitrogen and oxygen atoms in total. The van der Waals surface area contributed by atoms with Crippen LogP contribution in [-0.4, -0.2) is 45.9 Å². The van der Waals surface area contributed by atoms with Gasteiger partial charge < -0.3 is 15.3 Å². The summed E-state index contributed by atoms with van der Waals surface area (Å²) in [5.74, 6) is -1.66. The van der Waals surface area contributed by atoms with Gasteiger partial charge in [0, 0.05) is 18.5 Å². The highest BCUT2D eigenvalue weighted by atomic mass is 16.4. The summed E-state index contributed by atoms with van der Waals surface area (Å²) in [6.45, 7) is 9.77. The van der Waals surface area contributed by atoms with Crippen molar-refractivity contribution >= 4 is 17.8 Å². The number of nitrogens with zero attached hydrogens (tertiary/aromatic N) is 1. The van der Waals surface area contributed by atoms with Crippen molar-refractivity contribution in [1.82, 2.24) is 10.2 Å². The molecular weight excluding hydrogens is 356 g/mol. The summed E-state index contributed by atoms with van der Waals surface area (Å²) in [6.07, 6.45) is 10.4. The summed E-state index contributed by atoms with van der Waals surface area (Å²) >= 11 is 0. The number of aliphatic carboxylic acids is 1. The van der Waals surface area contributed by atoms with Crippen LogP contribution >= 0.6 is 0 Å². The molecule has 0 aliphatic carbocycles. The van der Waals surface area contributed by atoms with Gasteiger partial charge in [-0.3, -0.25) is 14.4 Å². The number of carboxylic acids is 1. The maximum Gasteiger partial charge on any atom is 0.305 e. The topological polar surface area (TPSA) is 86.7 Å². The van der Waals surface area contributed by atoms with Gasteiger partial charge in [0.15, 0.2) is 0 Å². The van der Waals surface area contributed by atoms with E-state index in [9.17, 15) is 14.4 Å². The molecule has 0 aliphatic heterocycles. The minimum atomic E-state index is -1.09. The minimum Gasteiger partial charge on any atom is -0.481 e. The van der Waals surface area contributed by atoms with Crippen LogP contribution in [0, 0.1) is 0 Å². The number of carboxylic acid groups (broad SMARTS) is 1. The van der Waals surface area contributed by atoms with Crippen LogP contribution < -0.4 is 5.32 Å². The van der Waals surface area contributed by atoms with E-state index < -0.39 is 18.4 Å². The van der Waals surface area contributed by atoms with Crippen molar-refractivity contribution in [3.8, 4) is 0 Å². The molecule has 0 spiro atoms. The van der Waals surface area contributed by atoms with Crippen molar-refractivity contribution in [1.29, 1.82) is 0 Å². The lowest BCUT2D eigenvalue weighted by Crippen LogP contribution is -2.53. The van der Waals surface area contributed by atoms with Crippen LogP contribution in [0.15, 0.2) is 0 Å². The van der Waals surface area contributed by atoms with Crippen LogP contribution in [0.5, 0.6) is 0 Å². The summed E-state index contributed by atoms with van der Waals surface area (Å²) in [6, 6.07) is -1.12. The van der Waals surface area contributed by atoms with Gasteiger partial charge in [0.2, 0.25) is 11.8 Å². The monoisotopic (exact) mass is 398 g/mol. The number of unbranched alkanes of at least 4 members (excludes halogenated alkanes) is 8. The van der Waals surface area contributed by atoms with E-state index in [4.69, 9.17) is 5.11 Å². The fourth-order valence-corrected chi connectivity index (χ4v) is 3.52. The largest absolute Gasteiger partial charge is 0.481 e. The van der Waals surface area contributed by atoms with Crippen LogP contribution in [0.4, 0.5) is 0 Å². The van der Waals surface area contributed by atoms with Crippen molar-refractivity contribution in [3.63, 3.8) is 0 Å². The van der Waals surface area contributed by atoms with Crippen molar-refractivity contribution < 1.29 is 19.5 Å². The second-order valence-corrected chi connectivity index (χ2v) is 8.23. The number of hydrogen-bond donors (Lipinski definition) is 2. The Morgan fingerprint density at radius 3 is 1.71 bits per heavy atom. The molecular formula is C22H42N2O4. The molecule has 0 aliphatic rings. The zero-order valence-electron chi connectivity index (χ0n) is 18.6. The third kappa shape index (κ3) is 12.0. The average molecular weight is 399 g/mol. The Labute approximate surface area is 171 Å². The van der Waals surface area contributed by atoms with Gasteiger partial charge in [0.05, 0.1) is 6.42 Å². The van der Waals surface area contributed by atoms with Gasteiger partial charge >= 0.3 is 5.97 Å². The molecule has 2 N–H and O–H groups in total. The first kappa shape index (κ1) is 26.4. The first-order chi connectivity index (χ1) is 13.2. The number of rotatable bonds is 16. The summed E-state index contributed by atoms with van der Waals surface area (Å²) in [5, 5.41) is 11.8. The lowest BCUT2D eigenvalue weighted by atomic mass is 10.1. The second-order valence-electron chi connectivity index (χ2n) is 8.23. The van der Waals surface area contributed by atoms with Crippen molar-refractivity contribution in [3.05, 3.63) is 0 Å². The summed E-state index contributed by atoms with van der Waals surface area (Å²) in [5.41, 5.74) is 0. The molecule has 0 saturated carbocycles. The van der Waals surface area contributed by atoms with Gasteiger partial charge in [0.25, 0.3) is 0 Å². The Morgan fingerprint density at radius 2 is 1.29 bits per heavy atom. The molecule has 2 amide bonds. The fraction of sp³-hybridized carbons (Fsp3) is 0.864. The summed E-state index contributed by atoms with van der Waals surface area (Å²) in [4.78, 5) is 37.8. The summed E-state index contributed by atoms with van der Waals surface area (Å²) < 4.78 is 0. The highest BCUT2D eigenvalue weighted by molar-refractivity contribution is 5.91. The molecule has 0 saturated heterocycles. The summed E-state index contributed by atoms with van der Waals surface area (Å²) in [7, 11) is 0. The standard InChI is InChI=1S/C22H42N2O4/c1-6-7-8-9-10-11-12-13-14-15-20(25)23-19(16-21(26)27)22(28)24(17(2)3)18(4)5/h17-19H,6-16H2,1-5H3,(H,23,25)(H,26,27)/t19-/m0/s1. The van der Waals surface area contributed by atoms with Crippen molar-refractivity contribution in [2.75, 3.05) is 0 Å². The van der Waals surface area contributed by atoms with Crippen molar-refractivity contribution in [2.24, 2.45) is 0 Å². The first-order valence-electron chi connectivity index (χ1n) is 11.0. The zero-order valence-corrected chi connectivity index (χ0v) is 18.6. The van der Waals surface area contributed by atoms with E-state index in [0.29, 0.717) is 6.42 Å². The predicted molar refractivity (Wildman–Crippen MR) is 113 cm³/mol. The first-order valence-corrected chi connectivity index (χ1v) is 11.0. The van der Waals surface area contributed by atoms with E-state index in [1.54, 1.807) is 4.90 Å². The normalized spacial score (nSPS) is 12.2. The molecule has 0 aromatic carbocycles. The third-order valence-corrected chi connectivity index (χ3v) is 4.89. The Morgan fingerprint density at radius 1 is 0.821 bits per heavy atom. The number of carbonyl (C=O) groups excluding carboxylic acids is 2. The number of hydrogen-bond acceptors (Lipinski definition) is 3. The van der Waals surface area contributed by atoms with Gasteiger partial charge in [-0.05, 0) is 34.1 Å². The van der Waals surface area contributed by atoms with Crippen LogP contribution in [0.25, 0.3) is 0 Å². The zero-order chi connectivity index (χ0) is 21.5. The SMILES string of the molecule is CCCCCCCCCCCC(=O)N[C@@H](CC(=O)O)C(=O)N(C(C)C)C(C)C. The average Bonchev–Trinajstić information content (AvgIpc) is 2.58. The van der Waals surface area contributed by atoms with Gasteiger partial charge in [-0.15, -0.1) is 0 Å². The number of carbonyl (C=O) groups is 3. The molecule has 1 atom stereocenters. The fourth-order valence-electron chi connectivity index (χ4n) is 3.52. The smallest absolute Gasteiger partial charge is 0.305 e. The Bertz CT molecular complexity index is 455. The van der Waals surface area contributed by atoms with Gasteiger partial charge in [0.1, 0.15) is 6.04 Å². The minimum absolute atomic E-state index is 0.0574. The second kappa shape index (κ2) is 15.3. The van der Waals surface area contributed by atoms with Crippen molar-refractivity contribution in [2.45, 2.75) is 123 Å². The molecule has 0 unspecified atom stereocenters. The quantitative estimate of drug-likeness (QED) is 0.374. The molecule has 0 heterocycles. The molecule has 0 aromatic heterocycles. The third-order valence-electron chi connectivity index (χ3n) is 4.89. The van der Waals surface area contributed by atoms with Crippen LogP contribution in [0.2, 0.25) is 0 Å². The van der Waals surface area contributed by atoms with E-state index >= 15 is 0 Å². The van der Waals surface area contributed by atoms with Crippen LogP contribution in [0.1, 0.15) is 105 Å². The number of nitrogens with one attached hydrogen (secondary N) is 1. The maximum absolute atomic E-state index is 12.8. The van der Waals surface area contributed by atoms with E-state index in [-0.39, 0.29) is 23.9 Å². The van der Waals surface area contributed by atoms with E-state index in [0.717, 1.165) is 19.3 Å². The molecule has 0 rings (SSSR count). The van der Waals surface area contributed by atoms with Gasteiger partial charge in [-0.1, -0.05) is 58.3 Å². The van der Waals surface area contributed by atoms with Crippen LogP contribution in [-0.2, 0) is 14.4 Å². The molecule has 0 fully saturated rings. The lowest BCUT2D eigenvalue weighted by Gasteiger charge is -2.34. The van der Waals surface area contributed by atoms with Gasteiger partial charge in [-0.2, -0.15) is 0 Å². The Kier molecular flexibility index (Phi) is 14.5. The lowest BCUT2D eigenvalue weighted by molar-refractivity contribution is -0.145. The molecule has 28 heavy (non-hydrogen) atoms. The predicted octanol–water partition coefficient (Wildman–Crippen LogP) is 4.51. The molecule has 6 heteroatoms. The van der Waals surface area contributed by atoms with E-state index in [1.165, 1.54) is 38.5 Å². The molecule has 0 aromatic rings. The van der Waals surface area contributed by atoms with E-state index in [1.807, 2.05) is 27.7 Å². The molecule has 164 valence electrons. The highest BCUT2D eigenvalue weighted by Gasteiger charge is 2.30.